The van der Waals surface area contributed by atoms with Crippen LogP contribution < -0.4 is 4.90 Å². The summed E-state index contributed by atoms with van der Waals surface area (Å²) >= 11 is 0. The predicted molar refractivity (Wildman–Crippen MR) is 128 cm³/mol. The van der Waals surface area contributed by atoms with Crippen LogP contribution in [-0.2, 0) is 0 Å². The van der Waals surface area contributed by atoms with Crippen molar-refractivity contribution in [1.29, 1.82) is 0 Å². The van der Waals surface area contributed by atoms with Gasteiger partial charge in [-0.1, -0.05) is 27.7 Å². The van der Waals surface area contributed by atoms with E-state index in [1.165, 1.54) is 12.1 Å². The fourth-order valence-electron chi connectivity index (χ4n) is 4.86. The Labute approximate surface area is 193 Å². The predicted octanol–water partition coefficient (Wildman–Crippen LogP) is 4.69. The van der Waals surface area contributed by atoms with E-state index in [9.17, 15) is 14.3 Å². The molecule has 0 bridgehead atoms. The highest BCUT2D eigenvalue weighted by Gasteiger charge is 2.28. The summed E-state index contributed by atoms with van der Waals surface area (Å²) in [4.78, 5) is 21.2. The Balaban J connectivity index is 1.84. The van der Waals surface area contributed by atoms with Crippen LogP contribution in [0.5, 0.6) is 0 Å². The second-order valence-corrected chi connectivity index (χ2v) is 8.90. The number of hydrogen-bond donors (Lipinski definition) is 1. The SMILES string of the molecule is CCN(CC)C1CCN(c2cc(C(=O)O)nc3c2c(C(C)C)nn3-c2ccc(F)cc2)CC1. The quantitative estimate of drug-likeness (QED) is 0.559. The van der Waals surface area contributed by atoms with Crippen molar-refractivity contribution >= 4 is 22.7 Å². The molecule has 1 aromatic carbocycles. The monoisotopic (exact) mass is 453 g/mol. The summed E-state index contributed by atoms with van der Waals surface area (Å²) in [5.41, 5.74) is 2.86. The molecular weight excluding hydrogens is 421 g/mol. The van der Waals surface area contributed by atoms with Crippen LogP contribution in [0.15, 0.2) is 30.3 Å². The van der Waals surface area contributed by atoms with E-state index in [2.05, 4.69) is 42.5 Å². The summed E-state index contributed by atoms with van der Waals surface area (Å²) in [7, 11) is 0. The van der Waals surface area contributed by atoms with Gasteiger partial charge in [-0.3, -0.25) is 0 Å². The zero-order chi connectivity index (χ0) is 23.7. The van der Waals surface area contributed by atoms with Crippen LogP contribution in [0, 0.1) is 5.82 Å². The first-order chi connectivity index (χ1) is 15.8. The third-order valence-electron chi connectivity index (χ3n) is 6.62. The van der Waals surface area contributed by atoms with Gasteiger partial charge in [0.2, 0.25) is 0 Å². The van der Waals surface area contributed by atoms with Gasteiger partial charge < -0.3 is 14.9 Å². The lowest BCUT2D eigenvalue weighted by Crippen LogP contribution is -2.45. The molecule has 1 aliphatic heterocycles. The zero-order valence-electron chi connectivity index (χ0n) is 19.8. The Morgan fingerprint density at radius 2 is 1.82 bits per heavy atom. The number of benzene rings is 1. The molecule has 0 atom stereocenters. The number of carboxylic acids is 1. The highest BCUT2D eigenvalue weighted by molar-refractivity contribution is 5.98. The van der Waals surface area contributed by atoms with Crippen molar-refractivity contribution in [2.45, 2.75) is 52.5 Å². The summed E-state index contributed by atoms with van der Waals surface area (Å²) in [6, 6.07) is 8.24. The van der Waals surface area contributed by atoms with Crippen molar-refractivity contribution in [1.82, 2.24) is 19.7 Å². The molecule has 33 heavy (non-hydrogen) atoms. The van der Waals surface area contributed by atoms with Crippen LogP contribution in [0.25, 0.3) is 16.7 Å². The second-order valence-electron chi connectivity index (χ2n) is 8.90. The van der Waals surface area contributed by atoms with E-state index in [1.807, 2.05) is 0 Å². The number of hydrogen-bond acceptors (Lipinski definition) is 5. The fraction of sp³-hybridized carbons (Fsp3) is 0.480. The minimum absolute atomic E-state index is 0.0121. The molecule has 4 rings (SSSR count). The van der Waals surface area contributed by atoms with E-state index in [-0.39, 0.29) is 17.4 Å². The molecular formula is C25H32FN5O2. The van der Waals surface area contributed by atoms with Crippen molar-refractivity contribution < 1.29 is 14.3 Å². The number of piperidine rings is 1. The zero-order valence-corrected chi connectivity index (χ0v) is 19.8. The molecule has 0 radical (unpaired) electrons. The number of pyridine rings is 1. The molecule has 1 fully saturated rings. The Bertz CT molecular complexity index is 1130. The molecule has 3 heterocycles. The Morgan fingerprint density at radius 1 is 1.18 bits per heavy atom. The van der Waals surface area contributed by atoms with Crippen molar-refractivity contribution in [3.63, 3.8) is 0 Å². The van der Waals surface area contributed by atoms with Crippen LogP contribution in [0.1, 0.15) is 62.6 Å². The van der Waals surface area contributed by atoms with Crippen molar-refractivity contribution in [2.75, 3.05) is 31.1 Å². The first-order valence-corrected chi connectivity index (χ1v) is 11.8. The molecule has 0 aliphatic carbocycles. The normalized spacial score (nSPS) is 15.2. The number of aromatic nitrogens is 3. The average molecular weight is 454 g/mol. The standard InChI is InChI=1S/C25H32FN5O2/c1-5-29(6-2)18-11-13-30(14-12-18)21-15-20(25(32)33)27-24-22(21)23(16(3)4)28-31(24)19-9-7-17(26)8-10-19/h7-10,15-16,18H,5-6,11-14H2,1-4H3,(H,32,33). The number of rotatable bonds is 7. The van der Waals surface area contributed by atoms with Gasteiger partial charge in [0.1, 0.15) is 5.82 Å². The van der Waals surface area contributed by atoms with Gasteiger partial charge in [-0.15, -0.1) is 0 Å². The van der Waals surface area contributed by atoms with Crippen LogP contribution in [0.3, 0.4) is 0 Å². The number of aromatic carboxylic acids is 1. The van der Waals surface area contributed by atoms with Crippen molar-refractivity contribution in [3.8, 4) is 5.69 Å². The maximum Gasteiger partial charge on any atom is 0.354 e. The number of carboxylic acid groups (broad SMARTS) is 1. The maximum atomic E-state index is 13.5. The van der Waals surface area contributed by atoms with E-state index in [4.69, 9.17) is 5.10 Å². The highest BCUT2D eigenvalue weighted by Crippen LogP contribution is 2.36. The van der Waals surface area contributed by atoms with Gasteiger partial charge >= 0.3 is 5.97 Å². The van der Waals surface area contributed by atoms with Crippen LogP contribution >= 0.6 is 0 Å². The van der Waals surface area contributed by atoms with E-state index in [1.54, 1.807) is 22.9 Å². The van der Waals surface area contributed by atoms with Gasteiger partial charge in [-0.25, -0.2) is 18.9 Å². The van der Waals surface area contributed by atoms with Gasteiger partial charge in [-0.2, -0.15) is 5.10 Å². The topological polar surface area (TPSA) is 74.5 Å². The van der Waals surface area contributed by atoms with Crippen molar-refractivity contribution in [3.05, 3.63) is 47.5 Å². The minimum atomic E-state index is -1.07. The molecule has 0 spiro atoms. The average Bonchev–Trinajstić information content (AvgIpc) is 3.20. The number of halogens is 1. The molecule has 1 N–H and O–H groups in total. The van der Waals surface area contributed by atoms with E-state index >= 15 is 0 Å². The first kappa shape index (κ1) is 23.2. The van der Waals surface area contributed by atoms with Crippen LogP contribution in [0.4, 0.5) is 10.1 Å². The highest BCUT2D eigenvalue weighted by atomic mass is 19.1. The summed E-state index contributed by atoms with van der Waals surface area (Å²) in [6.45, 7) is 12.3. The lowest BCUT2D eigenvalue weighted by atomic mass is 10.00. The van der Waals surface area contributed by atoms with E-state index in [0.29, 0.717) is 17.4 Å². The maximum absolute atomic E-state index is 13.5. The number of anilines is 1. The molecule has 7 nitrogen and oxygen atoms in total. The first-order valence-electron chi connectivity index (χ1n) is 11.8. The number of carbonyl (C=O) groups is 1. The molecule has 1 saturated heterocycles. The molecule has 8 heteroatoms. The fourth-order valence-corrected chi connectivity index (χ4v) is 4.86. The second kappa shape index (κ2) is 9.47. The van der Waals surface area contributed by atoms with Crippen LogP contribution in [0.2, 0.25) is 0 Å². The Hall–Kier alpha value is -3.00. The van der Waals surface area contributed by atoms with Gasteiger partial charge in [0, 0.05) is 19.1 Å². The minimum Gasteiger partial charge on any atom is -0.477 e. The Kier molecular flexibility index (Phi) is 6.65. The number of fused-ring (bicyclic) bond motifs is 1. The summed E-state index contributed by atoms with van der Waals surface area (Å²) in [5, 5.41) is 15.5. The molecule has 3 aromatic rings. The van der Waals surface area contributed by atoms with Gasteiger partial charge in [0.25, 0.3) is 0 Å². The summed E-state index contributed by atoms with van der Waals surface area (Å²) in [6.07, 6.45) is 2.05. The summed E-state index contributed by atoms with van der Waals surface area (Å²) < 4.78 is 15.2. The number of nitrogens with zero attached hydrogens (tertiary/aromatic N) is 5. The van der Waals surface area contributed by atoms with Crippen LogP contribution in [-0.4, -0.2) is 63.0 Å². The van der Waals surface area contributed by atoms with Gasteiger partial charge in [-0.05, 0) is 62.2 Å². The third kappa shape index (κ3) is 4.44. The molecule has 1 aliphatic rings. The molecule has 0 amide bonds. The van der Waals surface area contributed by atoms with Crippen molar-refractivity contribution in [2.24, 2.45) is 0 Å². The van der Waals surface area contributed by atoms with E-state index in [0.717, 1.165) is 55.8 Å². The largest absolute Gasteiger partial charge is 0.477 e. The van der Waals surface area contributed by atoms with E-state index < -0.39 is 5.97 Å². The Morgan fingerprint density at radius 3 is 2.36 bits per heavy atom. The van der Waals surface area contributed by atoms with Gasteiger partial charge in [0.15, 0.2) is 11.3 Å². The summed E-state index contributed by atoms with van der Waals surface area (Å²) in [5.74, 6) is -1.30. The molecule has 2 aromatic heterocycles. The molecule has 0 saturated carbocycles. The molecule has 176 valence electrons. The third-order valence-corrected chi connectivity index (χ3v) is 6.62. The molecule has 0 unspecified atom stereocenters. The smallest absolute Gasteiger partial charge is 0.354 e. The lowest BCUT2D eigenvalue weighted by molar-refractivity contribution is 0.0691. The lowest BCUT2D eigenvalue weighted by Gasteiger charge is -2.39. The van der Waals surface area contributed by atoms with Gasteiger partial charge in [0.05, 0.1) is 22.5 Å².